The maximum Gasteiger partial charge on any atom is 0.123 e. The number of nitrogens with two attached hydrogens (primary N) is 1. The van der Waals surface area contributed by atoms with Crippen LogP contribution in [0.25, 0.3) is 0 Å². The van der Waals surface area contributed by atoms with Crippen LogP contribution in [0.3, 0.4) is 0 Å². The van der Waals surface area contributed by atoms with Gasteiger partial charge in [0.2, 0.25) is 0 Å². The van der Waals surface area contributed by atoms with E-state index in [4.69, 9.17) is 10.5 Å². The summed E-state index contributed by atoms with van der Waals surface area (Å²) in [6.45, 7) is 4.70. The van der Waals surface area contributed by atoms with Crippen molar-refractivity contribution in [1.29, 1.82) is 0 Å². The Kier molecular flexibility index (Phi) is 5.76. The second-order valence-corrected chi connectivity index (χ2v) is 6.20. The number of benzene rings is 1. The van der Waals surface area contributed by atoms with Crippen molar-refractivity contribution < 1.29 is 4.74 Å². The molecule has 0 radical (unpaired) electrons. The molecule has 1 aromatic heterocycles. The second kappa shape index (κ2) is 7.57. The van der Waals surface area contributed by atoms with Crippen molar-refractivity contribution in [2.75, 3.05) is 0 Å². The molecule has 0 aliphatic heterocycles. The molecule has 1 unspecified atom stereocenters. The summed E-state index contributed by atoms with van der Waals surface area (Å²) in [4.78, 5) is 4.15. The van der Waals surface area contributed by atoms with E-state index in [0.29, 0.717) is 6.61 Å². The highest BCUT2D eigenvalue weighted by atomic mass is 79.9. The molecule has 0 aliphatic carbocycles. The van der Waals surface area contributed by atoms with E-state index in [1.807, 2.05) is 18.3 Å². The van der Waals surface area contributed by atoms with Crippen molar-refractivity contribution in [2.24, 2.45) is 5.73 Å². The first kappa shape index (κ1) is 16.0. The van der Waals surface area contributed by atoms with Gasteiger partial charge in [0.05, 0.1) is 0 Å². The summed E-state index contributed by atoms with van der Waals surface area (Å²) in [5.74, 6) is 0.907. The average molecular weight is 349 g/mol. The van der Waals surface area contributed by atoms with Crippen LogP contribution in [-0.2, 0) is 13.0 Å². The summed E-state index contributed by atoms with van der Waals surface area (Å²) in [5.41, 5.74) is 9.52. The Morgan fingerprint density at radius 2 is 2.10 bits per heavy atom. The Labute approximate surface area is 134 Å². The first-order valence-electron chi connectivity index (χ1n) is 7.15. The first-order chi connectivity index (χ1) is 10.1. The fourth-order valence-corrected chi connectivity index (χ4v) is 2.54. The van der Waals surface area contributed by atoms with E-state index in [1.165, 1.54) is 11.1 Å². The maximum absolute atomic E-state index is 6.08. The minimum absolute atomic E-state index is 0.168. The van der Waals surface area contributed by atoms with Gasteiger partial charge in [-0.25, -0.2) is 0 Å². The molecule has 0 aliphatic rings. The molecule has 0 saturated carbocycles. The van der Waals surface area contributed by atoms with E-state index in [1.54, 1.807) is 6.20 Å². The Balaban J connectivity index is 2.11. The lowest BCUT2D eigenvalue weighted by molar-refractivity contribution is 0.301. The van der Waals surface area contributed by atoms with Crippen molar-refractivity contribution in [2.45, 2.75) is 39.3 Å². The molecule has 112 valence electrons. The van der Waals surface area contributed by atoms with E-state index in [9.17, 15) is 0 Å². The van der Waals surface area contributed by atoms with Crippen LogP contribution in [0.2, 0.25) is 0 Å². The van der Waals surface area contributed by atoms with Crippen LogP contribution in [0.4, 0.5) is 0 Å². The van der Waals surface area contributed by atoms with Crippen molar-refractivity contribution in [3.05, 3.63) is 57.8 Å². The minimum atomic E-state index is 0.168. The molecule has 1 atom stereocenters. The standard InChI is InChI=1S/C17H21BrN2O/c1-3-16(19)8-14-6-12(2)4-5-17(14)21-11-13-7-15(18)10-20-9-13/h4-7,9-10,16H,3,8,11,19H2,1-2H3. The van der Waals surface area contributed by atoms with Gasteiger partial charge in [-0.3, -0.25) is 4.98 Å². The molecule has 2 N–H and O–H groups in total. The summed E-state index contributed by atoms with van der Waals surface area (Å²) in [6.07, 6.45) is 5.38. The van der Waals surface area contributed by atoms with E-state index < -0.39 is 0 Å². The van der Waals surface area contributed by atoms with E-state index >= 15 is 0 Å². The SMILES string of the molecule is CCC(N)Cc1cc(C)ccc1OCc1cncc(Br)c1. The molecule has 2 aromatic rings. The monoisotopic (exact) mass is 348 g/mol. The van der Waals surface area contributed by atoms with E-state index in [2.05, 4.69) is 46.9 Å². The van der Waals surface area contributed by atoms with E-state index in [0.717, 1.165) is 28.6 Å². The zero-order valence-electron chi connectivity index (χ0n) is 12.5. The number of ether oxygens (including phenoxy) is 1. The Hall–Kier alpha value is -1.39. The predicted molar refractivity (Wildman–Crippen MR) is 89.4 cm³/mol. The maximum atomic E-state index is 6.08. The van der Waals surface area contributed by atoms with Gasteiger partial charge in [0.1, 0.15) is 12.4 Å². The molecule has 0 saturated heterocycles. The van der Waals surface area contributed by atoms with Crippen LogP contribution >= 0.6 is 15.9 Å². The van der Waals surface area contributed by atoms with Gasteiger partial charge in [-0.05, 0) is 53.4 Å². The molecular weight excluding hydrogens is 328 g/mol. The zero-order chi connectivity index (χ0) is 15.2. The van der Waals surface area contributed by atoms with Crippen LogP contribution in [0, 0.1) is 6.92 Å². The lowest BCUT2D eigenvalue weighted by Gasteiger charge is -2.15. The van der Waals surface area contributed by atoms with Gasteiger partial charge in [-0.15, -0.1) is 0 Å². The van der Waals surface area contributed by atoms with Crippen molar-refractivity contribution in [1.82, 2.24) is 4.98 Å². The molecule has 1 aromatic carbocycles. The summed E-state index contributed by atoms with van der Waals surface area (Å²) in [6, 6.07) is 8.43. The molecule has 3 nitrogen and oxygen atoms in total. The smallest absolute Gasteiger partial charge is 0.123 e. The predicted octanol–water partition coefficient (Wildman–Crippen LogP) is 4.01. The number of pyridine rings is 1. The quantitative estimate of drug-likeness (QED) is 0.857. The highest BCUT2D eigenvalue weighted by Crippen LogP contribution is 2.23. The molecule has 0 amide bonds. The lowest BCUT2D eigenvalue weighted by atomic mass is 10.0. The van der Waals surface area contributed by atoms with Gasteiger partial charge < -0.3 is 10.5 Å². The molecular formula is C17H21BrN2O. The van der Waals surface area contributed by atoms with Crippen molar-refractivity contribution >= 4 is 15.9 Å². The molecule has 4 heteroatoms. The average Bonchev–Trinajstić information content (AvgIpc) is 2.46. The molecule has 0 bridgehead atoms. The van der Waals surface area contributed by atoms with Crippen molar-refractivity contribution in [3.8, 4) is 5.75 Å². The normalized spacial score (nSPS) is 12.2. The number of hydrogen-bond acceptors (Lipinski definition) is 3. The first-order valence-corrected chi connectivity index (χ1v) is 7.95. The van der Waals surface area contributed by atoms with Crippen LogP contribution in [0.1, 0.15) is 30.0 Å². The fourth-order valence-electron chi connectivity index (χ4n) is 2.13. The molecule has 1 heterocycles. The molecule has 2 rings (SSSR count). The highest BCUT2D eigenvalue weighted by Gasteiger charge is 2.09. The Bertz CT molecular complexity index is 601. The Morgan fingerprint density at radius 1 is 1.29 bits per heavy atom. The van der Waals surface area contributed by atoms with Crippen molar-refractivity contribution in [3.63, 3.8) is 0 Å². The number of nitrogens with zero attached hydrogens (tertiary/aromatic N) is 1. The zero-order valence-corrected chi connectivity index (χ0v) is 14.1. The van der Waals surface area contributed by atoms with Gasteiger partial charge in [0.25, 0.3) is 0 Å². The third-order valence-electron chi connectivity index (χ3n) is 3.38. The van der Waals surface area contributed by atoms with Gasteiger partial charge in [0.15, 0.2) is 0 Å². The number of aromatic nitrogens is 1. The van der Waals surface area contributed by atoms with Gasteiger partial charge in [-0.1, -0.05) is 24.6 Å². The summed E-state index contributed by atoms with van der Waals surface area (Å²) in [5, 5.41) is 0. The third kappa shape index (κ3) is 4.83. The molecule has 0 fully saturated rings. The summed E-state index contributed by atoms with van der Waals surface area (Å²) < 4.78 is 6.92. The largest absolute Gasteiger partial charge is 0.489 e. The number of halogens is 1. The number of aryl methyl sites for hydroxylation is 1. The summed E-state index contributed by atoms with van der Waals surface area (Å²) in [7, 11) is 0. The third-order valence-corrected chi connectivity index (χ3v) is 3.81. The highest BCUT2D eigenvalue weighted by molar-refractivity contribution is 9.10. The summed E-state index contributed by atoms with van der Waals surface area (Å²) >= 11 is 3.42. The van der Waals surface area contributed by atoms with Gasteiger partial charge in [0, 0.05) is 28.5 Å². The molecule has 21 heavy (non-hydrogen) atoms. The number of rotatable bonds is 6. The van der Waals surface area contributed by atoms with Gasteiger partial charge >= 0.3 is 0 Å². The topological polar surface area (TPSA) is 48.1 Å². The van der Waals surface area contributed by atoms with Crippen LogP contribution < -0.4 is 10.5 Å². The number of hydrogen-bond donors (Lipinski definition) is 1. The van der Waals surface area contributed by atoms with Crippen LogP contribution in [0.15, 0.2) is 41.1 Å². The Morgan fingerprint density at radius 3 is 2.81 bits per heavy atom. The van der Waals surface area contributed by atoms with E-state index in [-0.39, 0.29) is 6.04 Å². The van der Waals surface area contributed by atoms with Crippen LogP contribution in [-0.4, -0.2) is 11.0 Å². The molecule has 0 spiro atoms. The van der Waals surface area contributed by atoms with Crippen LogP contribution in [0.5, 0.6) is 5.75 Å². The van der Waals surface area contributed by atoms with Gasteiger partial charge in [-0.2, -0.15) is 0 Å². The fraction of sp³-hybridized carbons (Fsp3) is 0.353. The minimum Gasteiger partial charge on any atom is -0.489 e. The second-order valence-electron chi connectivity index (χ2n) is 5.28. The lowest BCUT2D eigenvalue weighted by Crippen LogP contribution is -2.21.